The molecule has 1 amide bonds. The first-order chi connectivity index (χ1) is 18.7. The van der Waals surface area contributed by atoms with Gasteiger partial charge in [0, 0.05) is 30.3 Å². The van der Waals surface area contributed by atoms with Crippen molar-refractivity contribution < 1.29 is 22.4 Å². The number of hydrogen-bond acceptors (Lipinski definition) is 7. The summed E-state index contributed by atoms with van der Waals surface area (Å²) in [6.45, 7) is 3.43. The number of carbonyl (C=O) groups is 1. The molecule has 0 saturated heterocycles. The Morgan fingerprint density at radius 2 is 1.90 bits per heavy atom. The van der Waals surface area contributed by atoms with Gasteiger partial charge in [0.2, 0.25) is 5.95 Å². The maximum Gasteiger partial charge on any atom is 0.471 e. The number of hydrogen-bond donors (Lipinski definition) is 2. The van der Waals surface area contributed by atoms with E-state index in [2.05, 4.69) is 30.7 Å². The van der Waals surface area contributed by atoms with Gasteiger partial charge in [0.05, 0.1) is 12.2 Å². The standard InChI is InChI=1S/C26H24F4N8O/c1-3-31-23-19-13-37(24(39)26(28,29)30)12-18(16-7-5-4-6-8-16)22(19)35-25(36-23)34-17-9-10-21(20(27)11-17)38-15(2)32-14-33-38/h4-11,14,18H,3,12-13H2,1-2H3,(H2,31,34,35,36). The van der Waals surface area contributed by atoms with Gasteiger partial charge in [-0.25, -0.2) is 19.0 Å². The van der Waals surface area contributed by atoms with Gasteiger partial charge in [-0.2, -0.15) is 23.3 Å². The van der Waals surface area contributed by atoms with Gasteiger partial charge in [-0.15, -0.1) is 0 Å². The third-order valence-electron chi connectivity index (χ3n) is 6.35. The number of alkyl halides is 3. The predicted octanol–water partition coefficient (Wildman–Crippen LogP) is 4.72. The lowest BCUT2D eigenvalue weighted by atomic mass is 9.88. The molecule has 0 fully saturated rings. The summed E-state index contributed by atoms with van der Waals surface area (Å²) in [6, 6.07) is 13.3. The van der Waals surface area contributed by atoms with Crippen LogP contribution in [0, 0.1) is 12.7 Å². The van der Waals surface area contributed by atoms with Crippen LogP contribution in [0.15, 0.2) is 54.9 Å². The fourth-order valence-electron chi connectivity index (χ4n) is 4.58. The molecule has 39 heavy (non-hydrogen) atoms. The molecule has 0 spiro atoms. The Balaban J connectivity index is 1.55. The largest absolute Gasteiger partial charge is 0.471 e. The van der Waals surface area contributed by atoms with Crippen molar-refractivity contribution in [1.29, 1.82) is 0 Å². The Bertz CT molecular complexity index is 1510. The number of rotatable bonds is 6. The minimum Gasteiger partial charge on any atom is -0.370 e. The van der Waals surface area contributed by atoms with Crippen molar-refractivity contribution in [2.24, 2.45) is 0 Å². The molecule has 13 heteroatoms. The van der Waals surface area contributed by atoms with Crippen molar-refractivity contribution in [1.82, 2.24) is 29.6 Å². The minimum absolute atomic E-state index is 0.130. The number of halogens is 4. The van der Waals surface area contributed by atoms with Crippen molar-refractivity contribution in [2.45, 2.75) is 32.5 Å². The first kappa shape index (κ1) is 26.1. The number of nitrogens with one attached hydrogen (secondary N) is 2. The average Bonchev–Trinajstić information content (AvgIpc) is 3.33. The molecule has 0 bridgehead atoms. The molecule has 5 rings (SSSR count). The van der Waals surface area contributed by atoms with Gasteiger partial charge in [-0.1, -0.05) is 30.3 Å². The average molecular weight is 541 g/mol. The van der Waals surface area contributed by atoms with Gasteiger partial charge in [-0.3, -0.25) is 4.79 Å². The van der Waals surface area contributed by atoms with E-state index in [1.165, 1.54) is 23.1 Å². The number of anilines is 3. The van der Waals surface area contributed by atoms with Gasteiger partial charge in [0.1, 0.15) is 23.7 Å². The van der Waals surface area contributed by atoms with Crippen LogP contribution in [0.1, 0.15) is 35.5 Å². The minimum atomic E-state index is -5.01. The molecule has 0 saturated carbocycles. The van der Waals surface area contributed by atoms with Gasteiger partial charge < -0.3 is 15.5 Å². The predicted molar refractivity (Wildman–Crippen MR) is 135 cm³/mol. The van der Waals surface area contributed by atoms with Crippen LogP contribution in [0.3, 0.4) is 0 Å². The maximum absolute atomic E-state index is 15.0. The van der Waals surface area contributed by atoms with Crippen molar-refractivity contribution in [3.63, 3.8) is 0 Å². The lowest BCUT2D eigenvalue weighted by Crippen LogP contribution is -2.45. The molecule has 1 aliphatic rings. The number of aromatic nitrogens is 5. The Labute approximate surface area is 220 Å². The molecule has 2 N–H and O–H groups in total. The summed E-state index contributed by atoms with van der Waals surface area (Å²) in [5, 5.41) is 10.1. The van der Waals surface area contributed by atoms with Crippen LogP contribution in [-0.4, -0.2) is 54.8 Å². The second-order valence-electron chi connectivity index (χ2n) is 8.95. The van der Waals surface area contributed by atoms with E-state index in [-0.39, 0.29) is 24.7 Å². The number of benzene rings is 2. The van der Waals surface area contributed by atoms with Crippen molar-refractivity contribution in [3.05, 3.63) is 83.3 Å². The molecule has 1 unspecified atom stereocenters. The van der Waals surface area contributed by atoms with E-state index in [1.54, 1.807) is 43.3 Å². The van der Waals surface area contributed by atoms with Crippen molar-refractivity contribution in [2.75, 3.05) is 23.7 Å². The summed E-state index contributed by atoms with van der Waals surface area (Å²) in [7, 11) is 0. The fraction of sp³-hybridized carbons (Fsp3) is 0.269. The fourth-order valence-corrected chi connectivity index (χ4v) is 4.58. The van der Waals surface area contributed by atoms with Gasteiger partial charge in [-0.05, 0) is 37.6 Å². The summed E-state index contributed by atoms with van der Waals surface area (Å²) >= 11 is 0. The van der Waals surface area contributed by atoms with Gasteiger partial charge >= 0.3 is 12.1 Å². The highest BCUT2D eigenvalue weighted by Crippen LogP contribution is 2.38. The number of nitrogens with zero attached hydrogens (tertiary/aromatic N) is 6. The molecule has 2 aromatic heterocycles. The Kier molecular flexibility index (Phi) is 6.89. The molecule has 4 aromatic rings. The zero-order chi connectivity index (χ0) is 27.7. The molecule has 3 heterocycles. The number of carbonyl (C=O) groups excluding carboxylic acids is 1. The van der Waals surface area contributed by atoms with E-state index in [4.69, 9.17) is 0 Å². The molecule has 1 aliphatic heterocycles. The number of fused-ring (bicyclic) bond motifs is 1. The summed E-state index contributed by atoms with van der Waals surface area (Å²) in [5.41, 5.74) is 2.15. The quantitative estimate of drug-likeness (QED) is 0.342. The highest BCUT2D eigenvalue weighted by molar-refractivity contribution is 5.82. The molecule has 9 nitrogen and oxygen atoms in total. The maximum atomic E-state index is 15.0. The zero-order valence-electron chi connectivity index (χ0n) is 21.0. The van der Waals surface area contributed by atoms with Gasteiger partial charge in [0.15, 0.2) is 5.82 Å². The second kappa shape index (κ2) is 10.3. The zero-order valence-corrected chi connectivity index (χ0v) is 21.0. The number of amides is 1. The molecular formula is C26H24F4N8O. The molecule has 0 radical (unpaired) electrons. The van der Waals surface area contributed by atoms with E-state index in [9.17, 15) is 22.4 Å². The van der Waals surface area contributed by atoms with E-state index >= 15 is 0 Å². The summed E-state index contributed by atoms with van der Waals surface area (Å²) in [4.78, 5) is 26.1. The van der Waals surface area contributed by atoms with Crippen LogP contribution < -0.4 is 10.6 Å². The number of aryl methyl sites for hydroxylation is 1. The third kappa shape index (κ3) is 5.24. The first-order valence-corrected chi connectivity index (χ1v) is 12.1. The van der Waals surface area contributed by atoms with E-state index in [0.29, 0.717) is 40.7 Å². The van der Waals surface area contributed by atoms with E-state index in [1.807, 2.05) is 6.92 Å². The van der Waals surface area contributed by atoms with Crippen LogP contribution in [0.2, 0.25) is 0 Å². The smallest absolute Gasteiger partial charge is 0.370 e. The summed E-state index contributed by atoms with van der Waals surface area (Å²) in [6.07, 6.45) is -3.68. The van der Waals surface area contributed by atoms with Crippen LogP contribution in [0.25, 0.3) is 5.69 Å². The van der Waals surface area contributed by atoms with E-state index < -0.39 is 23.8 Å². The van der Waals surface area contributed by atoms with Crippen molar-refractivity contribution >= 4 is 23.4 Å². The normalized spacial score (nSPS) is 15.1. The van der Waals surface area contributed by atoms with Crippen LogP contribution in [0.4, 0.5) is 35.0 Å². The Hall–Kier alpha value is -4.55. The third-order valence-corrected chi connectivity index (χ3v) is 6.35. The van der Waals surface area contributed by atoms with Crippen LogP contribution in [0.5, 0.6) is 0 Å². The second-order valence-corrected chi connectivity index (χ2v) is 8.95. The molecule has 2 aromatic carbocycles. The van der Waals surface area contributed by atoms with E-state index in [0.717, 1.165) is 4.90 Å². The summed E-state index contributed by atoms with van der Waals surface area (Å²) in [5.74, 6) is -2.17. The summed E-state index contributed by atoms with van der Waals surface area (Å²) < 4.78 is 56.5. The SMILES string of the molecule is CCNc1nc(Nc2ccc(-n3ncnc3C)c(F)c2)nc2c1CN(C(=O)C(F)(F)F)CC2c1ccccc1. The monoisotopic (exact) mass is 540 g/mol. The molecular weight excluding hydrogens is 516 g/mol. The lowest BCUT2D eigenvalue weighted by molar-refractivity contribution is -0.186. The van der Waals surface area contributed by atoms with Crippen LogP contribution in [-0.2, 0) is 11.3 Å². The van der Waals surface area contributed by atoms with Crippen LogP contribution >= 0.6 is 0 Å². The Morgan fingerprint density at radius 1 is 1.13 bits per heavy atom. The molecule has 1 atom stereocenters. The highest BCUT2D eigenvalue weighted by Gasteiger charge is 2.45. The molecule has 202 valence electrons. The lowest BCUT2D eigenvalue weighted by Gasteiger charge is -2.35. The Morgan fingerprint density at radius 3 is 2.54 bits per heavy atom. The highest BCUT2D eigenvalue weighted by atomic mass is 19.4. The topological polar surface area (TPSA) is 101 Å². The van der Waals surface area contributed by atoms with Crippen molar-refractivity contribution in [3.8, 4) is 5.69 Å². The molecule has 0 aliphatic carbocycles. The first-order valence-electron chi connectivity index (χ1n) is 12.1. The van der Waals surface area contributed by atoms with Gasteiger partial charge in [0.25, 0.3) is 0 Å².